The van der Waals surface area contributed by atoms with Crippen LogP contribution in [0.25, 0.3) is 5.70 Å². The van der Waals surface area contributed by atoms with Crippen LogP contribution in [0, 0.1) is 0 Å². The Bertz CT molecular complexity index is 1080. The fourth-order valence-electron chi connectivity index (χ4n) is 3.73. The summed E-state index contributed by atoms with van der Waals surface area (Å²) in [6.45, 7) is 1.63. The number of carbonyl (C=O) groups excluding carboxylic acids is 1. The van der Waals surface area contributed by atoms with E-state index < -0.39 is 0 Å². The van der Waals surface area contributed by atoms with E-state index in [0.717, 1.165) is 31.5 Å². The molecule has 1 fully saturated rings. The van der Waals surface area contributed by atoms with Crippen molar-refractivity contribution in [1.82, 2.24) is 4.90 Å². The Balaban J connectivity index is 1.44. The molecular formula is C21H21N6O2+. The minimum atomic E-state index is -0.334. The van der Waals surface area contributed by atoms with Crippen molar-refractivity contribution in [2.45, 2.75) is 19.3 Å². The van der Waals surface area contributed by atoms with Crippen LogP contribution in [0.1, 0.15) is 40.9 Å². The molecule has 2 N–H and O–H groups in total. The van der Waals surface area contributed by atoms with E-state index in [1.165, 1.54) is 6.42 Å². The van der Waals surface area contributed by atoms with Crippen molar-refractivity contribution in [2.24, 2.45) is 20.9 Å². The Kier molecular flexibility index (Phi) is 4.22. The lowest BCUT2D eigenvalue weighted by atomic mass is 10.1. The van der Waals surface area contributed by atoms with E-state index in [1.54, 1.807) is 30.8 Å². The number of likely N-dealkylation sites (tertiary alicyclic amines) is 1. The first kappa shape index (κ1) is 17.7. The number of piperidine rings is 1. The Hall–Kier alpha value is -3.36. The van der Waals surface area contributed by atoms with Crippen LogP contribution in [-0.2, 0) is 0 Å². The predicted octanol–water partition coefficient (Wildman–Crippen LogP) is 2.75. The molecule has 29 heavy (non-hydrogen) atoms. The molecule has 8 heteroatoms. The molecular weight excluding hydrogens is 368 g/mol. The molecule has 1 saturated heterocycles. The SMILES string of the molecule is N[N+]12C=C(c3cccc(C(=O)N4CCCCC4)c3)N=CC1=NC(c1ccco1)=N2. The van der Waals surface area contributed by atoms with Crippen molar-refractivity contribution in [1.29, 1.82) is 0 Å². The lowest BCUT2D eigenvalue weighted by molar-refractivity contribution is -0.802. The molecule has 0 radical (unpaired) electrons. The van der Waals surface area contributed by atoms with Crippen molar-refractivity contribution in [3.63, 3.8) is 0 Å². The number of hydrogen-bond donors (Lipinski definition) is 1. The molecule has 0 saturated carbocycles. The predicted molar refractivity (Wildman–Crippen MR) is 110 cm³/mol. The van der Waals surface area contributed by atoms with E-state index in [1.807, 2.05) is 29.2 Å². The zero-order valence-corrected chi connectivity index (χ0v) is 15.9. The van der Waals surface area contributed by atoms with Gasteiger partial charge in [0.15, 0.2) is 12.0 Å². The standard InChI is InChI=1S/C21H21N6O2/c22-27-14-17(23-13-19(27)24-20(25-27)18-8-5-11-29-18)15-6-4-7-16(12-15)21(28)26-9-2-1-3-10-26/h4-8,11-14H,1-3,9-10,22H2/q+1. The zero-order chi connectivity index (χ0) is 19.8. The van der Waals surface area contributed by atoms with Crippen LogP contribution in [0.3, 0.4) is 0 Å². The van der Waals surface area contributed by atoms with Crippen molar-refractivity contribution in [2.75, 3.05) is 13.1 Å². The van der Waals surface area contributed by atoms with Gasteiger partial charge in [-0.1, -0.05) is 12.1 Å². The number of rotatable bonds is 3. The molecule has 4 heterocycles. The Labute approximate surface area is 167 Å². The fraction of sp³-hybridized carbons (Fsp3) is 0.238. The van der Waals surface area contributed by atoms with Crippen LogP contribution >= 0.6 is 0 Å². The third-order valence-electron chi connectivity index (χ3n) is 5.28. The van der Waals surface area contributed by atoms with Crippen molar-refractivity contribution >= 4 is 29.5 Å². The van der Waals surface area contributed by atoms with E-state index in [4.69, 9.17) is 10.3 Å². The second-order valence-electron chi connectivity index (χ2n) is 7.32. The quantitative estimate of drug-likeness (QED) is 0.646. The molecule has 3 aliphatic heterocycles. The number of fused-ring (bicyclic) bond motifs is 1. The maximum atomic E-state index is 12.8. The van der Waals surface area contributed by atoms with Crippen LogP contribution < -0.4 is 5.84 Å². The van der Waals surface area contributed by atoms with Gasteiger partial charge in [-0.2, -0.15) is 4.99 Å². The van der Waals surface area contributed by atoms with Crippen molar-refractivity contribution in [3.8, 4) is 0 Å². The van der Waals surface area contributed by atoms with Gasteiger partial charge in [0.2, 0.25) is 0 Å². The minimum Gasteiger partial charge on any atom is -0.461 e. The molecule has 0 bridgehead atoms. The second-order valence-corrected chi connectivity index (χ2v) is 7.32. The first-order valence-electron chi connectivity index (χ1n) is 9.70. The third-order valence-corrected chi connectivity index (χ3v) is 5.28. The van der Waals surface area contributed by atoms with Gasteiger partial charge in [-0.3, -0.25) is 4.79 Å². The topological polar surface area (TPSA) is 96.6 Å². The Morgan fingerprint density at radius 3 is 2.79 bits per heavy atom. The van der Waals surface area contributed by atoms with Gasteiger partial charge >= 0.3 is 0 Å². The summed E-state index contributed by atoms with van der Waals surface area (Å²) in [5.41, 5.74) is 2.11. The maximum Gasteiger partial charge on any atom is 0.300 e. The first-order chi connectivity index (χ1) is 14.1. The fourth-order valence-corrected chi connectivity index (χ4v) is 3.73. The monoisotopic (exact) mass is 389 g/mol. The van der Waals surface area contributed by atoms with Gasteiger partial charge in [0.1, 0.15) is 11.9 Å². The van der Waals surface area contributed by atoms with Crippen LogP contribution in [-0.4, -0.2) is 46.5 Å². The average Bonchev–Trinajstić information content (AvgIpc) is 3.41. The first-order valence-corrected chi connectivity index (χ1v) is 9.70. The molecule has 1 atom stereocenters. The van der Waals surface area contributed by atoms with Gasteiger partial charge < -0.3 is 9.32 Å². The van der Waals surface area contributed by atoms with Crippen LogP contribution in [0.2, 0.25) is 0 Å². The number of carbonyl (C=O) groups is 1. The average molecular weight is 389 g/mol. The molecule has 5 rings (SSSR count). The van der Waals surface area contributed by atoms with Gasteiger partial charge in [-0.25, -0.2) is 4.99 Å². The van der Waals surface area contributed by atoms with Crippen molar-refractivity contribution in [3.05, 3.63) is 65.7 Å². The highest BCUT2D eigenvalue weighted by atomic mass is 16.3. The summed E-state index contributed by atoms with van der Waals surface area (Å²) in [7, 11) is 0. The maximum absolute atomic E-state index is 12.8. The second kappa shape index (κ2) is 6.91. The molecule has 1 aromatic heterocycles. The van der Waals surface area contributed by atoms with Gasteiger partial charge in [-0.15, -0.1) is 5.84 Å². The number of nitrogens with zero attached hydrogens (tertiary/aromatic N) is 5. The van der Waals surface area contributed by atoms with Crippen LogP contribution in [0.5, 0.6) is 0 Å². The number of amides is 1. The highest BCUT2D eigenvalue weighted by Crippen LogP contribution is 2.27. The summed E-state index contributed by atoms with van der Waals surface area (Å²) in [4.78, 5) is 23.7. The Morgan fingerprint density at radius 2 is 2.00 bits per heavy atom. The molecule has 2 aromatic rings. The van der Waals surface area contributed by atoms with Gasteiger partial charge in [0, 0.05) is 24.2 Å². The van der Waals surface area contributed by atoms with E-state index in [-0.39, 0.29) is 10.6 Å². The molecule has 1 unspecified atom stereocenters. The third kappa shape index (κ3) is 3.22. The lowest BCUT2D eigenvalue weighted by Crippen LogP contribution is -2.50. The number of amidine groups is 2. The van der Waals surface area contributed by atoms with Crippen molar-refractivity contribution < 1.29 is 13.9 Å². The molecule has 3 aliphatic rings. The molecule has 146 valence electrons. The molecule has 0 aliphatic carbocycles. The largest absolute Gasteiger partial charge is 0.461 e. The highest BCUT2D eigenvalue weighted by Gasteiger charge is 2.40. The van der Waals surface area contributed by atoms with Crippen LogP contribution in [0.15, 0.2) is 68.4 Å². The zero-order valence-electron chi connectivity index (χ0n) is 15.9. The smallest absolute Gasteiger partial charge is 0.300 e. The van der Waals surface area contributed by atoms with E-state index in [2.05, 4.69) is 15.1 Å². The summed E-state index contributed by atoms with van der Waals surface area (Å²) >= 11 is 0. The minimum absolute atomic E-state index is 0.0603. The number of benzene rings is 1. The Morgan fingerprint density at radius 1 is 1.14 bits per heavy atom. The molecule has 8 nitrogen and oxygen atoms in total. The van der Waals surface area contributed by atoms with E-state index >= 15 is 0 Å². The number of nitrogens with two attached hydrogens (primary N) is 1. The summed E-state index contributed by atoms with van der Waals surface area (Å²) < 4.78 is 5.03. The normalized spacial score (nSPS) is 23.3. The number of aliphatic imine (C=N–C) groups is 2. The molecule has 0 spiro atoms. The van der Waals surface area contributed by atoms with E-state index in [0.29, 0.717) is 28.7 Å². The van der Waals surface area contributed by atoms with Gasteiger partial charge in [-0.05, 0) is 53.3 Å². The number of quaternary nitrogens is 1. The summed E-state index contributed by atoms with van der Waals surface area (Å²) in [5.74, 6) is 7.97. The lowest BCUT2D eigenvalue weighted by Gasteiger charge is -2.27. The number of furan rings is 1. The molecule has 1 amide bonds. The van der Waals surface area contributed by atoms with Crippen LogP contribution in [0.4, 0.5) is 0 Å². The molecule has 1 aromatic carbocycles. The number of hydrogen-bond acceptors (Lipinski definition) is 6. The van der Waals surface area contributed by atoms with Gasteiger partial charge in [0.05, 0.1) is 6.26 Å². The summed E-state index contributed by atoms with van der Waals surface area (Å²) in [6.07, 6.45) is 8.20. The highest BCUT2D eigenvalue weighted by molar-refractivity contribution is 6.32. The summed E-state index contributed by atoms with van der Waals surface area (Å²) in [5, 5.41) is 4.48. The summed E-state index contributed by atoms with van der Waals surface area (Å²) in [6, 6.07) is 11.0. The van der Waals surface area contributed by atoms with Gasteiger partial charge in [0.25, 0.3) is 17.6 Å². The van der Waals surface area contributed by atoms with E-state index in [9.17, 15) is 4.79 Å².